The Morgan fingerprint density at radius 3 is 2.73 bits per heavy atom. The summed E-state index contributed by atoms with van der Waals surface area (Å²) in [4.78, 5) is 20.2. The summed E-state index contributed by atoms with van der Waals surface area (Å²) < 4.78 is 4.87. The molecule has 6 nitrogen and oxygen atoms in total. The molecule has 2 rings (SSSR count). The van der Waals surface area contributed by atoms with Gasteiger partial charge in [-0.15, -0.1) is 0 Å². The Morgan fingerprint density at radius 2 is 2.05 bits per heavy atom. The Bertz CT molecular complexity index is 614. The van der Waals surface area contributed by atoms with Gasteiger partial charge in [-0.05, 0) is 18.1 Å². The molecular formula is C16H20N4O2. The molecule has 0 aliphatic heterocycles. The average molecular weight is 300 g/mol. The molecule has 2 aromatic rings. The van der Waals surface area contributed by atoms with Gasteiger partial charge in [0.15, 0.2) is 0 Å². The zero-order chi connectivity index (χ0) is 15.8. The first-order valence-electron chi connectivity index (χ1n) is 7.18. The second kappa shape index (κ2) is 8.09. The predicted octanol–water partition coefficient (Wildman–Crippen LogP) is 2.16. The third-order valence-corrected chi connectivity index (χ3v) is 3.14. The summed E-state index contributed by atoms with van der Waals surface area (Å²) in [5.74, 6) is 0.347. The number of methoxy groups -OCH3 is 1. The van der Waals surface area contributed by atoms with Crippen molar-refractivity contribution in [3.63, 3.8) is 0 Å². The van der Waals surface area contributed by atoms with Gasteiger partial charge in [-0.1, -0.05) is 25.1 Å². The third-order valence-electron chi connectivity index (χ3n) is 3.14. The molecule has 0 bridgehead atoms. The maximum absolute atomic E-state index is 11.8. The van der Waals surface area contributed by atoms with E-state index < -0.39 is 0 Å². The molecule has 0 aliphatic carbocycles. The number of carbonyl (C=O) groups is 1. The fraction of sp³-hybridized carbons (Fsp3) is 0.312. The van der Waals surface area contributed by atoms with Crippen LogP contribution in [0.2, 0.25) is 0 Å². The van der Waals surface area contributed by atoms with Crippen LogP contribution in [0.5, 0.6) is 0 Å². The van der Waals surface area contributed by atoms with Gasteiger partial charge >= 0.3 is 0 Å². The minimum absolute atomic E-state index is 0.259. The first-order chi connectivity index (χ1) is 10.7. The Morgan fingerprint density at radius 1 is 1.23 bits per heavy atom. The first kappa shape index (κ1) is 15.9. The van der Waals surface area contributed by atoms with E-state index in [0.29, 0.717) is 19.0 Å². The number of para-hydroxylation sites is 1. The van der Waals surface area contributed by atoms with Gasteiger partial charge in [0.1, 0.15) is 11.5 Å². The highest BCUT2D eigenvalue weighted by atomic mass is 16.5. The normalized spacial score (nSPS) is 10.3. The highest BCUT2D eigenvalue weighted by Crippen LogP contribution is 2.19. The molecule has 0 radical (unpaired) electrons. The minimum atomic E-state index is -0.259. The molecule has 0 fully saturated rings. The lowest BCUT2D eigenvalue weighted by molar-refractivity contribution is 0.0932. The van der Waals surface area contributed by atoms with Crippen molar-refractivity contribution in [3.05, 3.63) is 47.9 Å². The number of hydrogen-bond acceptors (Lipinski definition) is 5. The van der Waals surface area contributed by atoms with E-state index in [9.17, 15) is 4.79 Å². The lowest BCUT2D eigenvalue weighted by Crippen LogP contribution is -2.27. The molecule has 0 atom stereocenters. The molecule has 116 valence electrons. The monoisotopic (exact) mass is 300 g/mol. The van der Waals surface area contributed by atoms with Gasteiger partial charge in [-0.25, -0.2) is 9.97 Å². The minimum Gasteiger partial charge on any atom is -0.383 e. The summed E-state index contributed by atoms with van der Waals surface area (Å²) in [5, 5.41) is 5.92. The maximum atomic E-state index is 11.8. The number of nitrogens with one attached hydrogen (secondary N) is 2. The Kier molecular flexibility index (Phi) is 5.85. The standard InChI is InChI=1S/C16H20N4O2/c1-3-12-6-4-5-7-13(12)20-15-11-18-14(10-19-15)16(21)17-8-9-22-2/h4-7,10-11H,3,8-9H2,1-2H3,(H,17,21)(H,19,20). The number of ether oxygens (including phenoxy) is 1. The molecule has 0 unspecified atom stereocenters. The summed E-state index contributed by atoms with van der Waals surface area (Å²) >= 11 is 0. The number of anilines is 2. The summed E-state index contributed by atoms with van der Waals surface area (Å²) in [7, 11) is 1.58. The van der Waals surface area contributed by atoms with Crippen molar-refractivity contribution in [2.24, 2.45) is 0 Å². The molecule has 0 saturated heterocycles. The Labute approximate surface area is 129 Å². The van der Waals surface area contributed by atoms with E-state index in [4.69, 9.17) is 4.74 Å². The topological polar surface area (TPSA) is 76.1 Å². The van der Waals surface area contributed by atoms with Crippen molar-refractivity contribution in [1.29, 1.82) is 0 Å². The van der Waals surface area contributed by atoms with Gasteiger partial charge < -0.3 is 15.4 Å². The smallest absolute Gasteiger partial charge is 0.271 e. The summed E-state index contributed by atoms with van der Waals surface area (Å²) in [6.07, 6.45) is 3.94. The fourth-order valence-corrected chi connectivity index (χ4v) is 1.96. The van der Waals surface area contributed by atoms with E-state index in [1.165, 1.54) is 11.8 Å². The van der Waals surface area contributed by atoms with Crippen molar-refractivity contribution in [2.75, 3.05) is 25.6 Å². The zero-order valence-electron chi connectivity index (χ0n) is 12.8. The molecule has 2 N–H and O–H groups in total. The molecule has 0 spiro atoms. The number of nitrogens with zero attached hydrogens (tertiary/aromatic N) is 2. The van der Waals surface area contributed by atoms with E-state index in [0.717, 1.165) is 12.1 Å². The van der Waals surface area contributed by atoms with Crippen LogP contribution in [0, 0.1) is 0 Å². The number of amides is 1. The number of aromatic nitrogens is 2. The fourth-order valence-electron chi connectivity index (χ4n) is 1.96. The molecule has 1 heterocycles. The lowest BCUT2D eigenvalue weighted by atomic mass is 10.1. The van der Waals surface area contributed by atoms with Crippen LogP contribution in [0.3, 0.4) is 0 Å². The largest absolute Gasteiger partial charge is 0.383 e. The second-order valence-corrected chi connectivity index (χ2v) is 4.67. The van der Waals surface area contributed by atoms with Crippen LogP contribution < -0.4 is 10.6 Å². The van der Waals surface area contributed by atoms with Crippen LogP contribution in [-0.4, -0.2) is 36.1 Å². The van der Waals surface area contributed by atoms with Crippen molar-refractivity contribution < 1.29 is 9.53 Å². The van der Waals surface area contributed by atoms with Gasteiger partial charge in [0, 0.05) is 19.3 Å². The zero-order valence-corrected chi connectivity index (χ0v) is 12.8. The van der Waals surface area contributed by atoms with Crippen molar-refractivity contribution in [2.45, 2.75) is 13.3 Å². The van der Waals surface area contributed by atoms with Crippen LogP contribution >= 0.6 is 0 Å². The summed E-state index contributed by atoms with van der Waals surface area (Å²) in [6, 6.07) is 8.02. The van der Waals surface area contributed by atoms with Crippen molar-refractivity contribution >= 4 is 17.4 Å². The molecule has 1 amide bonds. The second-order valence-electron chi connectivity index (χ2n) is 4.67. The average Bonchev–Trinajstić information content (AvgIpc) is 2.56. The van der Waals surface area contributed by atoms with Crippen LogP contribution in [0.1, 0.15) is 23.0 Å². The van der Waals surface area contributed by atoms with Gasteiger partial charge in [-0.3, -0.25) is 4.79 Å². The van der Waals surface area contributed by atoms with Crippen molar-refractivity contribution in [1.82, 2.24) is 15.3 Å². The van der Waals surface area contributed by atoms with E-state index >= 15 is 0 Å². The van der Waals surface area contributed by atoms with Crippen LogP contribution in [0.15, 0.2) is 36.7 Å². The molecule has 6 heteroatoms. The highest BCUT2D eigenvalue weighted by molar-refractivity contribution is 5.92. The molecule has 22 heavy (non-hydrogen) atoms. The number of benzene rings is 1. The SMILES string of the molecule is CCc1ccccc1Nc1cnc(C(=O)NCCOC)cn1. The molecular weight excluding hydrogens is 280 g/mol. The van der Waals surface area contributed by atoms with Crippen molar-refractivity contribution in [3.8, 4) is 0 Å². The van der Waals surface area contributed by atoms with Gasteiger partial charge in [-0.2, -0.15) is 0 Å². The quantitative estimate of drug-likeness (QED) is 0.766. The lowest BCUT2D eigenvalue weighted by Gasteiger charge is -2.10. The number of carbonyl (C=O) groups excluding carboxylic acids is 1. The van der Waals surface area contributed by atoms with E-state index in [2.05, 4.69) is 33.6 Å². The van der Waals surface area contributed by atoms with E-state index in [1.54, 1.807) is 13.3 Å². The van der Waals surface area contributed by atoms with Gasteiger partial charge in [0.25, 0.3) is 5.91 Å². The first-order valence-corrected chi connectivity index (χ1v) is 7.18. The third kappa shape index (κ3) is 4.26. The van der Waals surface area contributed by atoms with Crippen LogP contribution in [-0.2, 0) is 11.2 Å². The predicted molar refractivity (Wildman–Crippen MR) is 85.3 cm³/mol. The van der Waals surface area contributed by atoms with Gasteiger partial charge in [0.05, 0.1) is 19.0 Å². The Hall–Kier alpha value is -2.47. The van der Waals surface area contributed by atoms with E-state index in [-0.39, 0.29) is 11.6 Å². The Balaban J connectivity index is 2.01. The van der Waals surface area contributed by atoms with E-state index in [1.807, 2.05) is 18.2 Å². The molecule has 0 aliphatic rings. The molecule has 1 aromatic heterocycles. The summed E-state index contributed by atoms with van der Waals surface area (Å²) in [6.45, 7) is 3.01. The molecule has 1 aromatic carbocycles. The molecule has 0 saturated carbocycles. The van der Waals surface area contributed by atoms with Crippen LogP contribution in [0.4, 0.5) is 11.5 Å². The van der Waals surface area contributed by atoms with Gasteiger partial charge in [0.2, 0.25) is 0 Å². The summed E-state index contributed by atoms with van der Waals surface area (Å²) in [5.41, 5.74) is 2.48. The van der Waals surface area contributed by atoms with Crippen LogP contribution in [0.25, 0.3) is 0 Å². The number of aryl methyl sites for hydroxylation is 1. The highest BCUT2D eigenvalue weighted by Gasteiger charge is 2.08. The number of hydrogen-bond donors (Lipinski definition) is 2. The number of rotatable bonds is 7. The maximum Gasteiger partial charge on any atom is 0.271 e.